The van der Waals surface area contributed by atoms with Gasteiger partial charge in [-0.3, -0.25) is 4.79 Å². The number of carbonyl (C=O) groups is 2. The maximum absolute atomic E-state index is 11.4. The average Bonchev–Trinajstić information content (AvgIpc) is 2.24. The first-order valence-electron chi connectivity index (χ1n) is 4.55. The van der Waals surface area contributed by atoms with Crippen molar-refractivity contribution < 1.29 is 19.1 Å². The number of ether oxygens (including phenoxy) is 2. The lowest BCUT2D eigenvalue weighted by Gasteiger charge is -2.14. The number of hydrogen-bond acceptors (Lipinski definition) is 4. The smallest absolute Gasteiger partial charge is 0.351 e. The Morgan fingerprint density at radius 3 is 2.56 bits per heavy atom. The highest BCUT2D eigenvalue weighted by Crippen LogP contribution is 2.22. The molecule has 0 saturated heterocycles. The van der Waals surface area contributed by atoms with Crippen molar-refractivity contribution in [1.29, 1.82) is 0 Å². The third-order valence-electron chi connectivity index (χ3n) is 1.85. The molecule has 0 aliphatic rings. The molecule has 1 rings (SSSR count). The lowest BCUT2D eigenvalue weighted by molar-refractivity contribution is -0.165. The van der Waals surface area contributed by atoms with Gasteiger partial charge in [0.2, 0.25) is 6.10 Å². The molecule has 4 nitrogen and oxygen atoms in total. The van der Waals surface area contributed by atoms with Gasteiger partial charge in [-0.25, -0.2) is 4.79 Å². The second-order valence-electron chi connectivity index (χ2n) is 3.07. The van der Waals surface area contributed by atoms with Crippen LogP contribution in [0.1, 0.15) is 18.6 Å². The third-order valence-corrected chi connectivity index (χ3v) is 2.09. The van der Waals surface area contributed by atoms with Gasteiger partial charge in [-0.1, -0.05) is 23.7 Å². The van der Waals surface area contributed by atoms with Crippen molar-refractivity contribution in [3.63, 3.8) is 0 Å². The molecule has 0 N–H and O–H groups in total. The Kier molecular flexibility index (Phi) is 4.31. The van der Waals surface area contributed by atoms with Crippen molar-refractivity contribution in [2.45, 2.75) is 13.0 Å². The number of esters is 2. The fourth-order valence-corrected chi connectivity index (χ4v) is 1.39. The van der Waals surface area contributed by atoms with E-state index in [1.165, 1.54) is 14.0 Å². The summed E-state index contributed by atoms with van der Waals surface area (Å²) in [6, 6.07) is 6.51. The largest absolute Gasteiger partial charge is 0.466 e. The molecule has 0 radical (unpaired) electrons. The summed E-state index contributed by atoms with van der Waals surface area (Å²) in [5.74, 6) is -1.20. The monoisotopic (exact) mass is 242 g/mol. The molecule has 16 heavy (non-hydrogen) atoms. The van der Waals surface area contributed by atoms with Gasteiger partial charge in [0.05, 0.1) is 7.11 Å². The van der Waals surface area contributed by atoms with E-state index >= 15 is 0 Å². The number of methoxy groups -OCH3 is 1. The maximum atomic E-state index is 11.4. The van der Waals surface area contributed by atoms with E-state index in [0.29, 0.717) is 10.6 Å². The van der Waals surface area contributed by atoms with Gasteiger partial charge in [-0.05, 0) is 12.1 Å². The van der Waals surface area contributed by atoms with Gasteiger partial charge in [0, 0.05) is 17.5 Å². The minimum atomic E-state index is -1.07. The molecule has 0 aliphatic heterocycles. The zero-order valence-corrected chi connectivity index (χ0v) is 9.65. The molecule has 1 aromatic carbocycles. The van der Waals surface area contributed by atoms with Crippen LogP contribution in [0.3, 0.4) is 0 Å². The van der Waals surface area contributed by atoms with Gasteiger partial charge < -0.3 is 9.47 Å². The zero-order valence-electron chi connectivity index (χ0n) is 8.90. The molecule has 0 heterocycles. The van der Waals surface area contributed by atoms with E-state index in [0.717, 1.165) is 0 Å². The molecule has 5 heteroatoms. The SMILES string of the molecule is COC(=O)C(OC(C)=O)c1cccc(Cl)c1. The summed E-state index contributed by atoms with van der Waals surface area (Å²) < 4.78 is 9.42. The first kappa shape index (κ1) is 12.5. The molecule has 1 unspecified atom stereocenters. The summed E-state index contributed by atoms with van der Waals surface area (Å²) in [5.41, 5.74) is 0.481. The Balaban J connectivity index is 3.00. The topological polar surface area (TPSA) is 52.6 Å². The second kappa shape index (κ2) is 5.51. The summed E-state index contributed by atoms with van der Waals surface area (Å²) in [6.45, 7) is 1.22. The van der Waals surface area contributed by atoms with Crippen molar-refractivity contribution in [2.24, 2.45) is 0 Å². The molecule has 0 bridgehead atoms. The van der Waals surface area contributed by atoms with Crippen LogP contribution in [0, 0.1) is 0 Å². The summed E-state index contributed by atoms with van der Waals surface area (Å²) in [5, 5.41) is 0.457. The van der Waals surface area contributed by atoms with Gasteiger partial charge in [-0.15, -0.1) is 0 Å². The van der Waals surface area contributed by atoms with Gasteiger partial charge in [0.15, 0.2) is 0 Å². The van der Waals surface area contributed by atoms with Gasteiger partial charge in [-0.2, -0.15) is 0 Å². The zero-order chi connectivity index (χ0) is 12.1. The predicted octanol–water partition coefficient (Wildman–Crippen LogP) is 2.12. The molecule has 0 spiro atoms. The van der Waals surface area contributed by atoms with Crippen LogP contribution in [0.2, 0.25) is 5.02 Å². The summed E-state index contributed by atoms with van der Waals surface area (Å²) in [6.07, 6.45) is -1.07. The molecule has 86 valence electrons. The minimum Gasteiger partial charge on any atom is -0.466 e. The Bertz CT molecular complexity index is 403. The van der Waals surface area contributed by atoms with Crippen LogP contribution in [0.4, 0.5) is 0 Å². The van der Waals surface area contributed by atoms with Gasteiger partial charge in [0.25, 0.3) is 0 Å². The fourth-order valence-electron chi connectivity index (χ4n) is 1.19. The molecular weight excluding hydrogens is 232 g/mol. The number of rotatable bonds is 3. The number of benzene rings is 1. The Morgan fingerprint density at radius 1 is 1.38 bits per heavy atom. The summed E-state index contributed by atoms with van der Waals surface area (Å²) in [4.78, 5) is 22.3. The van der Waals surface area contributed by atoms with Crippen LogP contribution in [0.25, 0.3) is 0 Å². The molecule has 1 aromatic rings. The lowest BCUT2D eigenvalue weighted by Crippen LogP contribution is -2.19. The highest BCUT2D eigenvalue weighted by molar-refractivity contribution is 6.30. The number of hydrogen-bond donors (Lipinski definition) is 0. The van der Waals surface area contributed by atoms with E-state index < -0.39 is 18.0 Å². The standard InChI is InChI=1S/C11H11ClO4/c1-7(13)16-10(11(14)15-2)8-4-3-5-9(12)6-8/h3-6,10H,1-2H3. The third kappa shape index (κ3) is 3.24. The van der Waals surface area contributed by atoms with Crippen molar-refractivity contribution in [3.05, 3.63) is 34.9 Å². The van der Waals surface area contributed by atoms with E-state index in [9.17, 15) is 9.59 Å². The molecular formula is C11H11ClO4. The highest BCUT2D eigenvalue weighted by Gasteiger charge is 2.24. The summed E-state index contributed by atoms with van der Waals surface area (Å²) >= 11 is 5.78. The normalized spacial score (nSPS) is 11.7. The van der Waals surface area contributed by atoms with Gasteiger partial charge >= 0.3 is 11.9 Å². The van der Waals surface area contributed by atoms with Crippen LogP contribution in [-0.2, 0) is 19.1 Å². The fraction of sp³-hybridized carbons (Fsp3) is 0.273. The first-order valence-corrected chi connectivity index (χ1v) is 4.93. The number of halogens is 1. The minimum absolute atomic E-state index is 0.457. The molecule has 0 fully saturated rings. The Morgan fingerprint density at radius 2 is 2.06 bits per heavy atom. The highest BCUT2D eigenvalue weighted by atomic mass is 35.5. The van der Waals surface area contributed by atoms with Crippen molar-refractivity contribution >= 4 is 23.5 Å². The maximum Gasteiger partial charge on any atom is 0.351 e. The molecule has 0 saturated carbocycles. The van der Waals surface area contributed by atoms with Crippen molar-refractivity contribution in [3.8, 4) is 0 Å². The molecule has 0 amide bonds. The molecule has 0 aromatic heterocycles. The average molecular weight is 243 g/mol. The van der Waals surface area contributed by atoms with Gasteiger partial charge in [0.1, 0.15) is 0 Å². The molecule has 0 aliphatic carbocycles. The van der Waals surface area contributed by atoms with E-state index in [2.05, 4.69) is 4.74 Å². The van der Waals surface area contributed by atoms with Crippen LogP contribution < -0.4 is 0 Å². The first-order chi connectivity index (χ1) is 7.54. The van der Waals surface area contributed by atoms with Crippen LogP contribution >= 0.6 is 11.6 Å². The quantitative estimate of drug-likeness (QED) is 0.762. The molecule has 1 atom stereocenters. The Labute approximate surface area is 98.1 Å². The second-order valence-corrected chi connectivity index (χ2v) is 3.50. The van der Waals surface area contributed by atoms with E-state index in [4.69, 9.17) is 16.3 Å². The predicted molar refractivity (Wildman–Crippen MR) is 58.0 cm³/mol. The van der Waals surface area contributed by atoms with Crippen LogP contribution in [0.15, 0.2) is 24.3 Å². The summed E-state index contributed by atoms with van der Waals surface area (Å²) in [7, 11) is 1.23. The van der Waals surface area contributed by atoms with E-state index in [1.807, 2.05) is 0 Å². The van der Waals surface area contributed by atoms with Crippen molar-refractivity contribution in [2.75, 3.05) is 7.11 Å². The lowest BCUT2D eigenvalue weighted by atomic mass is 10.1. The van der Waals surface area contributed by atoms with E-state index in [-0.39, 0.29) is 0 Å². The van der Waals surface area contributed by atoms with Crippen LogP contribution in [-0.4, -0.2) is 19.0 Å². The van der Waals surface area contributed by atoms with E-state index in [1.54, 1.807) is 24.3 Å². The van der Waals surface area contributed by atoms with Crippen LogP contribution in [0.5, 0.6) is 0 Å². The van der Waals surface area contributed by atoms with Crippen molar-refractivity contribution in [1.82, 2.24) is 0 Å². The number of carbonyl (C=O) groups excluding carboxylic acids is 2. The Hall–Kier alpha value is -1.55.